The van der Waals surface area contributed by atoms with E-state index in [4.69, 9.17) is 17.3 Å². The molecule has 0 aromatic heterocycles. The summed E-state index contributed by atoms with van der Waals surface area (Å²) >= 11 is 5.79. The van der Waals surface area contributed by atoms with Crippen LogP contribution in [0.1, 0.15) is 42.5 Å². The maximum absolute atomic E-state index is 12.3. The van der Waals surface area contributed by atoms with Crippen LogP contribution in [0, 0.1) is 0 Å². The fraction of sp³-hybridized carbons (Fsp3) is 0.529. The predicted octanol–water partition coefficient (Wildman–Crippen LogP) is 2.61. The molecule has 1 aromatic rings. The summed E-state index contributed by atoms with van der Waals surface area (Å²) in [4.78, 5) is 26.1. The summed E-state index contributed by atoms with van der Waals surface area (Å²) in [7, 11) is 0. The average Bonchev–Trinajstić information content (AvgIpc) is 2.58. The number of nitrogens with two attached hydrogens (primary N) is 1. The van der Waals surface area contributed by atoms with E-state index in [2.05, 4.69) is 5.32 Å². The summed E-state index contributed by atoms with van der Waals surface area (Å²) in [6, 6.07) is 6.91. The maximum atomic E-state index is 12.3. The van der Waals surface area contributed by atoms with Gasteiger partial charge in [0.2, 0.25) is 5.91 Å². The number of benzene rings is 1. The molecule has 3 N–H and O–H groups in total. The standard InChI is InChI=1S/C17H24ClN3O2.ClH/c18-14-8-6-13(7-9-14)17(23)20-10-3-5-16(22)21-11-2-1-4-15(21)12-19;/h6-9,15H,1-5,10-12,19H2,(H,20,23);1H. The van der Waals surface area contributed by atoms with Gasteiger partial charge in [0.05, 0.1) is 0 Å². The number of likely N-dealkylation sites (tertiary alicyclic amines) is 1. The first-order valence-electron chi connectivity index (χ1n) is 8.15. The summed E-state index contributed by atoms with van der Waals surface area (Å²) in [6.07, 6.45) is 4.26. The highest BCUT2D eigenvalue weighted by atomic mass is 35.5. The van der Waals surface area contributed by atoms with Crippen molar-refractivity contribution in [2.75, 3.05) is 19.6 Å². The van der Waals surface area contributed by atoms with E-state index in [1.165, 1.54) is 0 Å². The number of piperidine rings is 1. The molecule has 7 heteroatoms. The molecule has 1 aliphatic heterocycles. The molecule has 1 aliphatic rings. The fourth-order valence-electron chi connectivity index (χ4n) is 2.86. The molecule has 134 valence electrons. The van der Waals surface area contributed by atoms with Crippen molar-refractivity contribution in [1.29, 1.82) is 0 Å². The van der Waals surface area contributed by atoms with Crippen LogP contribution in [-0.4, -0.2) is 42.4 Å². The molecule has 24 heavy (non-hydrogen) atoms. The molecule has 1 saturated heterocycles. The topological polar surface area (TPSA) is 75.4 Å². The highest BCUT2D eigenvalue weighted by Gasteiger charge is 2.24. The molecule has 1 heterocycles. The molecular formula is C17H25Cl2N3O2. The second-order valence-corrected chi connectivity index (χ2v) is 6.28. The van der Waals surface area contributed by atoms with Crippen LogP contribution in [0.5, 0.6) is 0 Å². The van der Waals surface area contributed by atoms with Crippen LogP contribution in [0.25, 0.3) is 0 Å². The number of hydrogen-bond donors (Lipinski definition) is 2. The third kappa shape index (κ3) is 5.96. The summed E-state index contributed by atoms with van der Waals surface area (Å²) in [5.74, 6) is -0.00665. The summed E-state index contributed by atoms with van der Waals surface area (Å²) in [5.41, 5.74) is 6.31. The Morgan fingerprint density at radius 2 is 1.96 bits per heavy atom. The Kier molecular flexibility index (Phi) is 9.11. The van der Waals surface area contributed by atoms with Gasteiger partial charge in [0, 0.05) is 42.7 Å². The Morgan fingerprint density at radius 3 is 2.62 bits per heavy atom. The van der Waals surface area contributed by atoms with Crippen molar-refractivity contribution in [2.24, 2.45) is 5.73 Å². The third-order valence-corrected chi connectivity index (χ3v) is 4.43. The van der Waals surface area contributed by atoms with Crippen LogP contribution in [0.2, 0.25) is 5.02 Å². The van der Waals surface area contributed by atoms with Crippen molar-refractivity contribution in [3.8, 4) is 0 Å². The largest absolute Gasteiger partial charge is 0.352 e. The molecule has 0 spiro atoms. The van der Waals surface area contributed by atoms with Gasteiger partial charge in [-0.1, -0.05) is 11.6 Å². The van der Waals surface area contributed by atoms with Gasteiger partial charge in [0.25, 0.3) is 5.91 Å². The lowest BCUT2D eigenvalue weighted by Gasteiger charge is -2.35. The lowest BCUT2D eigenvalue weighted by Crippen LogP contribution is -2.47. The number of nitrogens with one attached hydrogen (secondary N) is 1. The maximum Gasteiger partial charge on any atom is 0.251 e. The van der Waals surface area contributed by atoms with Gasteiger partial charge < -0.3 is 16.0 Å². The van der Waals surface area contributed by atoms with Crippen LogP contribution in [-0.2, 0) is 4.79 Å². The van der Waals surface area contributed by atoms with E-state index in [1.807, 2.05) is 4.90 Å². The summed E-state index contributed by atoms with van der Waals surface area (Å²) < 4.78 is 0. The van der Waals surface area contributed by atoms with Crippen LogP contribution < -0.4 is 11.1 Å². The smallest absolute Gasteiger partial charge is 0.251 e. The zero-order chi connectivity index (χ0) is 16.7. The van der Waals surface area contributed by atoms with Crippen LogP contribution >= 0.6 is 24.0 Å². The zero-order valence-corrected chi connectivity index (χ0v) is 15.2. The third-order valence-electron chi connectivity index (χ3n) is 4.18. The molecule has 1 aromatic carbocycles. The summed E-state index contributed by atoms with van der Waals surface area (Å²) in [5, 5.41) is 3.42. The first-order valence-corrected chi connectivity index (χ1v) is 8.53. The van der Waals surface area contributed by atoms with Gasteiger partial charge in [0.1, 0.15) is 0 Å². The number of amides is 2. The molecule has 1 atom stereocenters. The number of nitrogens with zero attached hydrogens (tertiary/aromatic N) is 1. The Morgan fingerprint density at radius 1 is 1.25 bits per heavy atom. The average molecular weight is 374 g/mol. The highest BCUT2D eigenvalue weighted by molar-refractivity contribution is 6.30. The zero-order valence-electron chi connectivity index (χ0n) is 13.7. The minimum absolute atomic E-state index is 0. The van der Waals surface area contributed by atoms with E-state index in [-0.39, 0.29) is 30.3 Å². The Labute approximate surface area is 154 Å². The lowest BCUT2D eigenvalue weighted by atomic mass is 10.0. The first kappa shape index (κ1) is 20.7. The SMILES string of the molecule is Cl.NCC1CCCCN1C(=O)CCCNC(=O)c1ccc(Cl)cc1. The predicted molar refractivity (Wildman–Crippen MR) is 98.7 cm³/mol. The minimum atomic E-state index is -0.146. The quantitative estimate of drug-likeness (QED) is 0.752. The van der Waals surface area contributed by atoms with E-state index >= 15 is 0 Å². The van der Waals surface area contributed by atoms with Crippen LogP contribution in [0.4, 0.5) is 0 Å². The van der Waals surface area contributed by atoms with E-state index < -0.39 is 0 Å². The van der Waals surface area contributed by atoms with Gasteiger partial charge in [-0.05, 0) is 49.9 Å². The van der Waals surface area contributed by atoms with Gasteiger partial charge in [-0.25, -0.2) is 0 Å². The molecule has 0 saturated carbocycles. The van der Waals surface area contributed by atoms with Crippen molar-refractivity contribution >= 4 is 35.8 Å². The Hall–Kier alpha value is -1.30. The van der Waals surface area contributed by atoms with E-state index in [0.29, 0.717) is 36.5 Å². The number of carbonyl (C=O) groups is 2. The molecule has 1 unspecified atom stereocenters. The molecule has 2 rings (SSSR count). The number of rotatable bonds is 6. The molecule has 0 radical (unpaired) electrons. The van der Waals surface area contributed by atoms with E-state index in [9.17, 15) is 9.59 Å². The summed E-state index contributed by atoms with van der Waals surface area (Å²) in [6.45, 7) is 1.81. The lowest BCUT2D eigenvalue weighted by molar-refractivity contribution is -0.134. The van der Waals surface area contributed by atoms with E-state index in [1.54, 1.807) is 24.3 Å². The fourth-order valence-corrected chi connectivity index (χ4v) is 2.99. The second-order valence-electron chi connectivity index (χ2n) is 5.84. The minimum Gasteiger partial charge on any atom is -0.352 e. The van der Waals surface area contributed by atoms with Crippen LogP contribution in [0.3, 0.4) is 0 Å². The van der Waals surface area contributed by atoms with E-state index in [0.717, 1.165) is 25.8 Å². The van der Waals surface area contributed by atoms with Gasteiger partial charge in [-0.3, -0.25) is 9.59 Å². The first-order chi connectivity index (χ1) is 11.1. The van der Waals surface area contributed by atoms with Crippen molar-refractivity contribution in [3.63, 3.8) is 0 Å². The van der Waals surface area contributed by atoms with Crippen molar-refractivity contribution in [1.82, 2.24) is 10.2 Å². The molecular weight excluding hydrogens is 349 g/mol. The monoisotopic (exact) mass is 373 g/mol. The van der Waals surface area contributed by atoms with Crippen molar-refractivity contribution < 1.29 is 9.59 Å². The normalized spacial score (nSPS) is 17.1. The Bertz CT molecular complexity index is 537. The second kappa shape index (κ2) is 10.5. The Balaban J connectivity index is 0.00000288. The number of halogens is 2. The molecule has 5 nitrogen and oxygen atoms in total. The van der Waals surface area contributed by atoms with Gasteiger partial charge in [-0.15, -0.1) is 12.4 Å². The highest BCUT2D eigenvalue weighted by Crippen LogP contribution is 2.17. The number of carbonyl (C=O) groups excluding carboxylic acids is 2. The molecule has 0 aliphatic carbocycles. The van der Waals surface area contributed by atoms with Gasteiger partial charge in [-0.2, -0.15) is 0 Å². The number of hydrogen-bond acceptors (Lipinski definition) is 3. The van der Waals surface area contributed by atoms with Crippen molar-refractivity contribution in [3.05, 3.63) is 34.9 Å². The molecule has 2 amide bonds. The van der Waals surface area contributed by atoms with Gasteiger partial charge in [0.15, 0.2) is 0 Å². The molecule has 0 bridgehead atoms. The molecule has 1 fully saturated rings. The van der Waals surface area contributed by atoms with Crippen LogP contribution in [0.15, 0.2) is 24.3 Å². The van der Waals surface area contributed by atoms with Crippen molar-refractivity contribution in [2.45, 2.75) is 38.1 Å². The van der Waals surface area contributed by atoms with Gasteiger partial charge >= 0.3 is 0 Å².